The molecule has 4 nitrogen and oxygen atoms in total. The van der Waals surface area contributed by atoms with E-state index in [0.717, 1.165) is 45.1 Å². The maximum Gasteiger partial charge on any atom is 0.128 e. The second kappa shape index (κ2) is 8.22. The zero-order valence-corrected chi connectivity index (χ0v) is 12.9. The van der Waals surface area contributed by atoms with E-state index in [1.165, 1.54) is 12.8 Å². The van der Waals surface area contributed by atoms with Crippen molar-refractivity contribution >= 4 is 5.82 Å². The quantitative estimate of drug-likeness (QED) is 0.772. The molecule has 1 aliphatic rings. The predicted molar refractivity (Wildman–Crippen MR) is 85.3 cm³/mol. The minimum atomic E-state index is 0.672. The fourth-order valence-electron chi connectivity index (χ4n) is 2.73. The van der Waals surface area contributed by atoms with Gasteiger partial charge in [0.25, 0.3) is 0 Å². The van der Waals surface area contributed by atoms with Crippen LogP contribution in [0.2, 0.25) is 0 Å². The molecule has 0 radical (unpaired) electrons. The van der Waals surface area contributed by atoms with Crippen LogP contribution in [0.3, 0.4) is 0 Å². The van der Waals surface area contributed by atoms with Gasteiger partial charge in [0.05, 0.1) is 0 Å². The Bertz CT molecular complexity index is 360. The molecule has 0 bridgehead atoms. The van der Waals surface area contributed by atoms with Crippen molar-refractivity contribution in [3.63, 3.8) is 0 Å². The molecule has 20 heavy (non-hydrogen) atoms. The Hall–Kier alpha value is -1.13. The molecule has 1 saturated heterocycles. The number of aromatic nitrogens is 1. The van der Waals surface area contributed by atoms with Crippen molar-refractivity contribution in [1.29, 1.82) is 0 Å². The highest BCUT2D eigenvalue weighted by atomic mass is 15.3. The third-order valence-electron chi connectivity index (χ3n) is 4.08. The second-order valence-corrected chi connectivity index (χ2v) is 5.60. The number of piperazine rings is 1. The highest BCUT2D eigenvalue weighted by Crippen LogP contribution is 2.14. The summed E-state index contributed by atoms with van der Waals surface area (Å²) in [6, 6.07) is 6.82. The summed E-state index contributed by atoms with van der Waals surface area (Å²) in [5.74, 6) is 1.12. The molecule has 0 aliphatic carbocycles. The average Bonchev–Trinajstić information content (AvgIpc) is 2.52. The predicted octanol–water partition coefficient (Wildman–Crippen LogP) is 1.98. The van der Waals surface area contributed by atoms with E-state index in [1.54, 1.807) is 0 Å². The Labute approximate surface area is 123 Å². The Morgan fingerprint density at radius 2 is 2.00 bits per heavy atom. The normalized spacial score (nSPS) is 18.2. The summed E-state index contributed by atoms with van der Waals surface area (Å²) >= 11 is 0. The maximum absolute atomic E-state index is 4.44. The van der Waals surface area contributed by atoms with E-state index in [2.05, 4.69) is 46.1 Å². The number of nitrogens with zero attached hydrogens (tertiary/aromatic N) is 3. The molecule has 0 spiro atoms. The maximum atomic E-state index is 4.44. The Balaban J connectivity index is 1.71. The first-order valence-electron chi connectivity index (χ1n) is 7.92. The van der Waals surface area contributed by atoms with Gasteiger partial charge in [0.1, 0.15) is 5.82 Å². The summed E-state index contributed by atoms with van der Waals surface area (Å²) in [6.45, 7) is 11.3. The van der Waals surface area contributed by atoms with Crippen molar-refractivity contribution in [2.75, 3.05) is 44.2 Å². The summed E-state index contributed by atoms with van der Waals surface area (Å²) < 4.78 is 0. The van der Waals surface area contributed by atoms with Crippen LogP contribution >= 0.6 is 0 Å². The molecule has 4 heteroatoms. The molecule has 1 N–H and O–H groups in total. The van der Waals surface area contributed by atoms with Gasteiger partial charge in [0, 0.05) is 38.4 Å². The molecule has 1 aromatic rings. The van der Waals surface area contributed by atoms with Crippen molar-refractivity contribution < 1.29 is 0 Å². The number of hydrogen-bond donors (Lipinski definition) is 1. The van der Waals surface area contributed by atoms with Crippen LogP contribution < -0.4 is 10.2 Å². The minimum absolute atomic E-state index is 0.672. The van der Waals surface area contributed by atoms with Gasteiger partial charge < -0.3 is 10.2 Å². The van der Waals surface area contributed by atoms with Gasteiger partial charge in [0.15, 0.2) is 0 Å². The van der Waals surface area contributed by atoms with Crippen LogP contribution in [0.4, 0.5) is 5.82 Å². The fraction of sp³-hybridized carbons (Fsp3) is 0.688. The molecule has 1 aromatic heterocycles. The lowest BCUT2D eigenvalue weighted by Crippen LogP contribution is -2.50. The SMILES string of the molecule is CCCNCCC(C)N1CCN(c2ccccn2)CC1. The molecule has 112 valence electrons. The van der Waals surface area contributed by atoms with Crippen LogP contribution in [0.5, 0.6) is 0 Å². The number of pyridine rings is 1. The Morgan fingerprint density at radius 3 is 2.65 bits per heavy atom. The Kier molecular flexibility index (Phi) is 6.27. The van der Waals surface area contributed by atoms with Crippen LogP contribution in [0.15, 0.2) is 24.4 Å². The molecule has 0 aromatic carbocycles. The van der Waals surface area contributed by atoms with Crippen LogP contribution in [0, 0.1) is 0 Å². The van der Waals surface area contributed by atoms with E-state index in [9.17, 15) is 0 Å². The second-order valence-electron chi connectivity index (χ2n) is 5.60. The monoisotopic (exact) mass is 276 g/mol. The molecule has 1 unspecified atom stereocenters. The van der Waals surface area contributed by atoms with Crippen LogP contribution in [-0.2, 0) is 0 Å². The topological polar surface area (TPSA) is 31.4 Å². The van der Waals surface area contributed by atoms with Crippen molar-refractivity contribution in [2.24, 2.45) is 0 Å². The lowest BCUT2D eigenvalue weighted by Gasteiger charge is -2.38. The van der Waals surface area contributed by atoms with Gasteiger partial charge in [-0.05, 0) is 45.0 Å². The van der Waals surface area contributed by atoms with E-state index in [4.69, 9.17) is 0 Å². The smallest absolute Gasteiger partial charge is 0.128 e. The minimum Gasteiger partial charge on any atom is -0.354 e. The molecule has 2 rings (SSSR count). The molecule has 0 amide bonds. The van der Waals surface area contributed by atoms with E-state index in [1.807, 2.05) is 12.3 Å². The van der Waals surface area contributed by atoms with Gasteiger partial charge in [0.2, 0.25) is 0 Å². The molecule has 2 heterocycles. The van der Waals surface area contributed by atoms with Crippen LogP contribution in [0.25, 0.3) is 0 Å². The molecule has 1 aliphatic heterocycles. The number of anilines is 1. The molecule has 0 saturated carbocycles. The van der Waals surface area contributed by atoms with Crippen molar-refractivity contribution in [2.45, 2.75) is 32.7 Å². The first-order chi connectivity index (χ1) is 9.81. The van der Waals surface area contributed by atoms with Crippen molar-refractivity contribution in [3.8, 4) is 0 Å². The largest absolute Gasteiger partial charge is 0.354 e. The lowest BCUT2D eigenvalue weighted by atomic mass is 10.1. The number of nitrogens with one attached hydrogen (secondary N) is 1. The highest BCUT2D eigenvalue weighted by molar-refractivity contribution is 5.38. The number of rotatable bonds is 7. The van der Waals surface area contributed by atoms with Gasteiger partial charge in [-0.2, -0.15) is 0 Å². The Morgan fingerprint density at radius 1 is 1.20 bits per heavy atom. The fourth-order valence-corrected chi connectivity index (χ4v) is 2.73. The van der Waals surface area contributed by atoms with E-state index in [0.29, 0.717) is 6.04 Å². The third-order valence-corrected chi connectivity index (χ3v) is 4.08. The molecular weight excluding hydrogens is 248 g/mol. The van der Waals surface area contributed by atoms with Crippen molar-refractivity contribution in [3.05, 3.63) is 24.4 Å². The van der Waals surface area contributed by atoms with Crippen molar-refractivity contribution in [1.82, 2.24) is 15.2 Å². The zero-order chi connectivity index (χ0) is 14.2. The lowest BCUT2D eigenvalue weighted by molar-refractivity contribution is 0.187. The summed E-state index contributed by atoms with van der Waals surface area (Å²) in [4.78, 5) is 9.43. The summed E-state index contributed by atoms with van der Waals surface area (Å²) in [6.07, 6.45) is 4.34. The highest BCUT2D eigenvalue weighted by Gasteiger charge is 2.21. The summed E-state index contributed by atoms with van der Waals surface area (Å²) in [7, 11) is 0. The van der Waals surface area contributed by atoms with E-state index < -0.39 is 0 Å². The van der Waals surface area contributed by atoms with Gasteiger partial charge in [-0.3, -0.25) is 4.90 Å². The van der Waals surface area contributed by atoms with Crippen LogP contribution in [-0.4, -0.2) is 55.2 Å². The number of hydrogen-bond acceptors (Lipinski definition) is 4. The summed E-state index contributed by atoms with van der Waals surface area (Å²) in [5.41, 5.74) is 0. The van der Waals surface area contributed by atoms with Gasteiger partial charge >= 0.3 is 0 Å². The molecule has 1 atom stereocenters. The third kappa shape index (κ3) is 4.46. The summed E-state index contributed by atoms with van der Waals surface area (Å²) in [5, 5.41) is 3.49. The van der Waals surface area contributed by atoms with Gasteiger partial charge in [-0.15, -0.1) is 0 Å². The van der Waals surface area contributed by atoms with E-state index >= 15 is 0 Å². The molecular formula is C16H28N4. The van der Waals surface area contributed by atoms with E-state index in [-0.39, 0.29) is 0 Å². The first kappa shape index (κ1) is 15.3. The molecule has 1 fully saturated rings. The standard InChI is InChI=1S/C16H28N4/c1-3-8-17-10-7-15(2)19-11-13-20(14-12-19)16-6-4-5-9-18-16/h4-6,9,15,17H,3,7-8,10-14H2,1-2H3. The zero-order valence-electron chi connectivity index (χ0n) is 12.9. The average molecular weight is 276 g/mol. The first-order valence-corrected chi connectivity index (χ1v) is 7.92. The van der Waals surface area contributed by atoms with Crippen LogP contribution in [0.1, 0.15) is 26.7 Å². The van der Waals surface area contributed by atoms with Gasteiger partial charge in [-0.25, -0.2) is 4.98 Å². The van der Waals surface area contributed by atoms with Gasteiger partial charge in [-0.1, -0.05) is 13.0 Å².